The molecule has 0 radical (unpaired) electrons. The van der Waals surface area contributed by atoms with E-state index in [9.17, 15) is 9.59 Å². The normalized spacial score (nSPS) is 11.9. The second-order valence-corrected chi connectivity index (χ2v) is 3.99. The van der Waals surface area contributed by atoms with E-state index in [4.69, 9.17) is 10.8 Å². The van der Waals surface area contributed by atoms with Crippen molar-refractivity contribution >= 4 is 17.6 Å². The number of anilines is 1. The molecule has 1 aromatic carbocycles. The second-order valence-electron chi connectivity index (χ2n) is 3.99. The lowest BCUT2D eigenvalue weighted by Gasteiger charge is -2.18. The van der Waals surface area contributed by atoms with Crippen LogP contribution in [0, 0.1) is 0 Å². The summed E-state index contributed by atoms with van der Waals surface area (Å²) in [6.07, 6.45) is 0.261. The molecule has 1 atom stereocenters. The smallest absolute Gasteiger partial charge is 0.335 e. The minimum Gasteiger partial charge on any atom is -0.478 e. The Hall–Kier alpha value is -1.88. The van der Waals surface area contributed by atoms with Crippen molar-refractivity contribution in [1.29, 1.82) is 0 Å². The van der Waals surface area contributed by atoms with Crippen LogP contribution in [0.5, 0.6) is 0 Å². The molecule has 3 N–H and O–H groups in total. The minimum atomic E-state index is -0.985. The Bertz CT molecular complexity index is 412. The number of hydrogen-bond acceptors (Lipinski definition) is 3. The van der Waals surface area contributed by atoms with Crippen LogP contribution in [0.3, 0.4) is 0 Å². The lowest BCUT2D eigenvalue weighted by Crippen LogP contribution is -2.31. The SMILES string of the molecule is CC(N)CC(=O)N(C)c1ccc(C(=O)O)cc1. The van der Waals surface area contributed by atoms with Crippen molar-refractivity contribution in [3.63, 3.8) is 0 Å². The Labute approximate surface area is 99.8 Å². The molecule has 0 bridgehead atoms. The average molecular weight is 236 g/mol. The highest BCUT2D eigenvalue weighted by atomic mass is 16.4. The largest absolute Gasteiger partial charge is 0.478 e. The molecule has 92 valence electrons. The predicted molar refractivity (Wildman–Crippen MR) is 65.1 cm³/mol. The van der Waals surface area contributed by atoms with E-state index in [2.05, 4.69) is 0 Å². The summed E-state index contributed by atoms with van der Waals surface area (Å²) < 4.78 is 0. The first kappa shape index (κ1) is 13.2. The summed E-state index contributed by atoms with van der Waals surface area (Å²) in [7, 11) is 1.64. The first-order valence-electron chi connectivity index (χ1n) is 5.27. The molecule has 0 aliphatic carbocycles. The summed E-state index contributed by atoms with van der Waals surface area (Å²) in [5.41, 5.74) is 6.40. The van der Waals surface area contributed by atoms with E-state index in [1.54, 1.807) is 26.1 Å². The number of nitrogens with two attached hydrogens (primary N) is 1. The molecule has 0 heterocycles. The molecule has 0 saturated heterocycles. The van der Waals surface area contributed by atoms with Gasteiger partial charge in [-0.05, 0) is 31.2 Å². The quantitative estimate of drug-likeness (QED) is 0.819. The molecule has 1 unspecified atom stereocenters. The summed E-state index contributed by atoms with van der Waals surface area (Å²) in [5.74, 6) is -1.08. The van der Waals surface area contributed by atoms with Gasteiger partial charge in [-0.25, -0.2) is 4.79 Å². The van der Waals surface area contributed by atoms with Gasteiger partial charge in [0.05, 0.1) is 5.56 Å². The van der Waals surface area contributed by atoms with Gasteiger partial charge >= 0.3 is 5.97 Å². The van der Waals surface area contributed by atoms with Crippen molar-refractivity contribution in [3.05, 3.63) is 29.8 Å². The molecule has 0 saturated carbocycles. The van der Waals surface area contributed by atoms with E-state index < -0.39 is 5.97 Å². The number of amides is 1. The number of aromatic carboxylic acids is 1. The molecule has 0 aliphatic rings. The fourth-order valence-electron chi connectivity index (χ4n) is 1.38. The van der Waals surface area contributed by atoms with E-state index in [1.165, 1.54) is 17.0 Å². The van der Waals surface area contributed by atoms with Gasteiger partial charge in [0, 0.05) is 25.2 Å². The minimum absolute atomic E-state index is 0.0944. The Morgan fingerprint density at radius 3 is 2.29 bits per heavy atom. The zero-order valence-electron chi connectivity index (χ0n) is 9.88. The van der Waals surface area contributed by atoms with Gasteiger partial charge in [0.1, 0.15) is 0 Å². The van der Waals surface area contributed by atoms with Crippen molar-refractivity contribution in [1.82, 2.24) is 0 Å². The van der Waals surface area contributed by atoms with Crippen molar-refractivity contribution in [2.75, 3.05) is 11.9 Å². The van der Waals surface area contributed by atoms with E-state index in [0.717, 1.165) is 0 Å². The van der Waals surface area contributed by atoms with Gasteiger partial charge in [-0.3, -0.25) is 4.79 Å². The number of nitrogens with zero attached hydrogens (tertiary/aromatic N) is 1. The van der Waals surface area contributed by atoms with E-state index in [0.29, 0.717) is 5.69 Å². The Morgan fingerprint density at radius 1 is 1.35 bits per heavy atom. The summed E-state index contributed by atoms with van der Waals surface area (Å²) in [6.45, 7) is 1.76. The molecule has 17 heavy (non-hydrogen) atoms. The van der Waals surface area contributed by atoms with Crippen LogP contribution in [0.4, 0.5) is 5.69 Å². The van der Waals surface area contributed by atoms with Crippen molar-refractivity contribution in [3.8, 4) is 0 Å². The molecule has 0 fully saturated rings. The molecule has 5 nitrogen and oxygen atoms in total. The molecule has 0 aromatic heterocycles. The number of carbonyl (C=O) groups excluding carboxylic acids is 1. The first-order valence-corrected chi connectivity index (χ1v) is 5.27. The van der Waals surface area contributed by atoms with Gasteiger partial charge in [-0.15, -0.1) is 0 Å². The fraction of sp³-hybridized carbons (Fsp3) is 0.333. The molecule has 0 aliphatic heterocycles. The fourth-order valence-corrected chi connectivity index (χ4v) is 1.38. The van der Waals surface area contributed by atoms with Gasteiger partial charge in [-0.1, -0.05) is 0 Å². The molecule has 5 heteroatoms. The zero-order chi connectivity index (χ0) is 13.0. The van der Waals surface area contributed by atoms with E-state index >= 15 is 0 Å². The highest BCUT2D eigenvalue weighted by Crippen LogP contribution is 2.15. The number of carboxylic acid groups (broad SMARTS) is 1. The molecule has 1 aromatic rings. The molecular formula is C12H16N2O3. The van der Waals surface area contributed by atoms with Gasteiger partial charge in [0.25, 0.3) is 0 Å². The standard InChI is InChI=1S/C12H16N2O3/c1-8(13)7-11(15)14(2)10-5-3-9(4-6-10)12(16)17/h3-6,8H,7,13H2,1-2H3,(H,16,17). The zero-order valence-corrected chi connectivity index (χ0v) is 9.88. The molecule has 1 amide bonds. The highest BCUT2D eigenvalue weighted by Gasteiger charge is 2.13. The number of carboxylic acids is 1. The van der Waals surface area contributed by atoms with Gasteiger partial charge in [0.2, 0.25) is 5.91 Å². The summed E-state index contributed by atoms with van der Waals surface area (Å²) >= 11 is 0. The molecule has 0 spiro atoms. The van der Waals surface area contributed by atoms with Crippen molar-refractivity contribution in [2.24, 2.45) is 5.73 Å². The van der Waals surface area contributed by atoms with Crippen molar-refractivity contribution < 1.29 is 14.7 Å². The number of rotatable bonds is 4. The number of hydrogen-bond donors (Lipinski definition) is 2. The highest BCUT2D eigenvalue weighted by molar-refractivity contribution is 5.94. The Morgan fingerprint density at radius 2 is 1.88 bits per heavy atom. The topological polar surface area (TPSA) is 83.6 Å². The number of carbonyl (C=O) groups is 2. The maximum atomic E-state index is 11.7. The third kappa shape index (κ3) is 3.57. The van der Waals surface area contributed by atoms with E-state index in [1.807, 2.05) is 0 Å². The van der Waals surface area contributed by atoms with Crippen molar-refractivity contribution in [2.45, 2.75) is 19.4 Å². The monoisotopic (exact) mass is 236 g/mol. The van der Waals surface area contributed by atoms with Crippen LogP contribution in [0.25, 0.3) is 0 Å². The molecule has 1 rings (SSSR count). The third-order valence-corrected chi connectivity index (χ3v) is 2.37. The Kier molecular flexibility index (Phi) is 4.23. The van der Waals surface area contributed by atoms with Gasteiger partial charge in [-0.2, -0.15) is 0 Å². The van der Waals surface area contributed by atoms with Crippen LogP contribution in [0.1, 0.15) is 23.7 Å². The summed E-state index contributed by atoms with van der Waals surface area (Å²) in [5, 5.41) is 8.75. The lowest BCUT2D eigenvalue weighted by atomic mass is 10.2. The van der Waals surface area contributed by atoms with Gasteiger partial charge < -0.3 is 15.7 Å². The van der Waals surface area contributed by atoms with Gasteiger partial charge in [0.15, 0.2) is 0 Å². The van der Waals surface area contributed by atoms with Crippen LogP contribution < -0.4 is 10.6 Å². The summed E-state index contributed by atoms with van der Waals surface area (Å²) in [6, 6.07) is 5.94. The summed E-state index contributed by atoms with van der Waals surface area (Å²) in [4.78, 5) is 23.8. The molecular weight excluding hydrogens is 220 g/mol. The van der Waals surface area contributed by atoms with Crippen LogP contribution >= 0.6 is 0 Å². The number of benzene rings is 1. The van der Waals surface area contributed by atoms with E-state index in [-0.39, 0.29) is 23.9 Å². The van der Waals surface area contributed by atoms with Crippen LogP contribution in [-0.4, -0.2) is 30.1 Å². The van der Waals surface area contributed by atoms with Crippen LogP contribution in [0.2, 0.25) is 0 Å². The average Bonchev–Trinajstić information content (AvgIpc) is 2.27. The third-order valence-electron chi connectivity index (χ3n) is 2.37. The first-order chi connectivity index (χ1) is 7.91. The maximum absolute atomic E-state index is 11.7. The maximum Gasteiger partial charge on any atom is 0.335 e. The van der Waals surface area contributed by atoms with Crippen LogP contribution in [-0.2, 0) is 4.79 Å². The predicted octanol–water partition coefficient (Wildman–Crippen LogP) is 1.08. The second kappa shape index (κ2) is 5.45. The lowest BCUT2D eigenvalue weighted by molar-refractivity contribution is -0.118. The Balaban J connectivity index is 2.79. The van der Waals surface area contributed by atoms with Crippen LogP contribution in [0.15, 0.2) is 24.3 Å².